The summed E-state index contributed by atoms with van der Waals surface area (Å²) in [5.74, 6) is 2.47. The molecule has 1 saturated heterocycles. The van der Waals surface area contributed by atoms with E-state index in [4.69, 9.17) is 14.5 Å². The van der Waals surface area contributed by atoms with Crippen molar-refractivity contribution in [2.45, 2.75) is 25.9 Å². The second-order valence-corrected chi connectivity index (χ2v) is 7.91. The van der Waals surface area contributed by atoms with Crippen molar-refractivity contribution in [2.24, 2.45) is 4.99 Å². The monoisotopic (exact) mass is 425 g/mol. The highest BCUT2D eigenvalue weighted by Crippen LogP contribution is 2.30. The van der Waals surface area contributed by atoms with Crippen LogP contribution in [0.4, 0.5) is 11.4 Å². The van der Waals surface area contributed by atoms with Gasteiger partial charge in [-0.3, -0.25) is 0 Å². The zero-order chi connectivity index (χ0) is 22.2. The number of nitrogens with one attached hydrogen (secondary N) is 2. The van der Waals surface area contributed by atoms with Crippen LogP contribution in [0.5, 0.6) is 11.5 Å². The van der Waals surface area contributed by atoms with Crippen LogP contribution in [0, 0.1) is 0 Å². The van der Waals surface area contributed by atoms with Crippen LogP contribution >= 0.6 is 0 Å². The van der Waals surface area contributed by atoms with Crippen molar-refractivity contribution < 1.29 is 9.47 Å². The number of rotatable bonds is 8. The molecule has 1 heterocycles. The van der Waals surface area contributed by atoms with Gasteiger partial charge in [0.15, 0.2) is 5.96 Å². The summed E-state index contributed by atoms with van der Waals surface area (Å²) in [6.45, 7) is 5.43. The van der Waals surface area contributed by atoms with Gasteiger partial charge in [-0.2, -0.15) is 0 Å². The van der Waals surface area contributed by atoms with Crippen LogP contribution in [0.15, 0.2) is 47.5 Å². The molecule has 2 N–H and O–H groups in total. The number of hydrogen-bond acceptors (Lipinski definition) is 5. The molecule has 2 aromatic rings. The topological polar surface area (TPSA) is 61.4 Å². The van der Waals surface area contributed by atoms with Gasteiger partial charge in [-0.05, 0) is 31.0 Å². The van der Waals surface area contributed by atoms with Gasteiger partial charge < -0.3 is 29.9 Å². The van der Waals surface area contributed by atoms with E-state index in [1.807, 2.05) is 6.07 Å². The van der Waals surface area contributed by atoms with Crippen LogP contribution in [0.25, 0.3) is 0 Å². The minimum absolute atomic E-state index is 0.322. The summed E-state index contributed by atoms with van der Waals surface area (Å²) < 4.78 is 10.8. The van der Waals surface area contributed by atoms with Crippen molar-refractivity contribution in [2.75, 3.05) is 57.7 Å². The highest BCUT2D eigenvalue weighted by atomic mass is 16.5. The number of benzene rings is 2. The summed E-state index contributed by atoms with van der Waals surface area (Å²) in [7, 11) is 7.47. The van der Waals surface area contributed by atoms with E-state index < -0.39 is 0 Å². The molecular weight excluding hydrogens is 390 g/mol. The average Bonchev–Trinajstić information content (AvgIpc) is 3.26. The molecule has 31 heavy (non-hydrogen) atoms. The minimum Gasteiger partial charge on any atom is -0.497 e. The predicted octanol–water partition coefficient (Wildman–Crippen LogP) is 3.10. The molecule has 0 aliphatic carbocycles. The molecule has 1 fully saturated rings. The van der Waals surface area contributed by atoms with E-state index in [0.717, 1.165) is 49.2 Å². The van der Waals surface area contributed by atoms with Gasteiger partial charge in [0.05, 0.1) is 20.8 Å². The zero-order valence-corrected chi connectivity index (χ0v) is 19.3. The third kappa shape index (κ3) is 6.20. The van der Waals surface area contributed by atoms with E-state index in [0.29, 0.717) is 12.6 Å². The number of aliphatic imine (C=N–C) groups is 1. The van der Waals surface area contributed by atoms with E-state index in [1.165, 1.54) is 11.3 Å². The highest BCUT2D eigenvalue weighted by Gasteiger charge is 2.24. The van der Waals surface area contributed by atoms with Crippen LogP contribution < -0.4 is 29.9 Å². The third-order valence-electron chi connectivity index (χ3n) is 5.42. The van der Waals surface area contributed by atoms with Crippen molar-refractivity contribution in [1.29, 1.82) is 0 Å². The fourth-order valence-corrected chi connectivity index (χ4v) is 3.70. The Morgan fingerprint density at radius 1 is 1.13 bits per heavy atom. The SMILES string of the molecule is CCNC(=NCc1cccc(N(C)C)c1)NC1CCN(c2cc(OC)cc(OC)c2)C1. The number of ether oxygens (including phenoxy) is 2. The second kappa shape index (κ2) is 10.8. The van der Waals surface area contributed by atoms with E-state index in [9.17, 15) is 0 Å². The van der Waals surface area contributed by atoms with Gasteiger partial charge in [-0.15, -0.1) is 0 Å². The van der Waals surface area contributed by atoms with Crippen molar-refractivity contribution in [3.8, 4) is 11.5 Å². The molecule has 0 bridgehead atoms. The first-order chi connectivity index (χ1) is 15.0. The largest absolute Gasteiger partial charge is 0.497 e. The van der Waals surface area contributed by atoms with Crippen molar-refractivity contribution >= 4 is 17.3 Å². The maximum Gasteiger partial charge on any atom is 0.191 e. The van der Waals surface area contributed by atoms with Crippen LogP contribution in [-0.2, 0) is 6.54 Å². The number of hydrogen-bond donors (Lipinski definition) is 2. The molecule has 7 heteroatoms. The summed E-state index contributed by atoms with van der Waals surface area (Å²) in [5.41, 5.74) is 3.49. The Labute approximate surface area is 186 Å². The summed E-state index contributed by atoms with van der Waals surface area (Å²) >= 11 is 0. The fourth-order valence-electron chi connectivity index (χ4n) is 3.70. The molecule has 0 radical (unpaired) electrons. The van der Waals surface area contributed by atoms with Gasteiger partial charge in [-0.25, -0.2) is 4.99 Å². The second-order valence-electron chi connectivity index (χ2n) is 7.91. The van der Waals surface area contributed by atoms with E-state index in [2.05, 4.69) is 77.9 Å². The van der Waals surface area contributed by atoms with Gasteiger partial charge in [-0.1, -0.05) is 12.1 Å². The zero-order valence-electron chi connectivity index (χ0n) is 19.3. The van der Waals surface area contributed by atoms with Gasteiger partial charge in [0.25, 0.3) is 0 Å². The van der Waals surface area contributed by atoms with Gasteiger partial charge >= 0.3 is 0 Å². The lowest BCUT2D eigenvalue weighted by molar-refractivity contribution is 0.394. The maximum absolute atomic E-state index is 5.42. The summed E-state index contributed by atoms with van der Waals surface area (Å²) in [4.78, 5) is 9.28. The minimum atomic E-state index is 0.322. The standard InChI is InChI=1S/C24H35N5O2/c1-6-25-24(26-16-18-8-7-9-20(12-18)28(2)3)27-19-10-11-29(17-19)21-13-22(30-4)15-23(14-21)31-5/h7-9,12-15,19H,6,10-11,16-17H2,1-5H3,(H2,25,26,27). The lowest BCUT2D eigenvalue weighted by Crippen LogP contribution is -2.44. The highest BCUT2D eigenvalue weighted by molar-refractivity contribution is 5.80. The molecule has 3 rings (SSSR count). The molecule has 168 valence electrons. The van der Waals surface area contributed by atoms with Crippen LogP contribution in [-0.4, -0.2) is 60.0 Å². The molecule has 0 aromatic heterocycles. The Bertz CT molecular complexity index is 862. The lowest BCUT2D eigenvalue weighted by atomic mass is 10.2. The summed E-state index contributed by atoms with van der Waals surface area (Å²) in [6, 6.07) is 14.8. The van der Waals surface area contributed by atoms with Crippen LogP contribution in [0.2, 0.25) is 0 Å². The molecule has 1 aliphatic rings. The van der Waals surface area contributed by atoms with Gasteiger partial charge in [0.2, 0.25) is 0 Å². The smallest absolute Gasteiger partial charge is 0.191 e. The number of nitrogens with zero attached hydrogens (tertiary/aromatic N) is 3. The number of guanidine groups is 1. The Kier molecular flexibility index (Phi) is 7.87. The quantitative estimate of drug-likeness (QED) is 0.501. The Balaban J connectivity index is 1.65. The first kappa shape index (κ1) is 22.6. The predicted molar refractivity (Wildman–Crippen MR) is 129 cm³/mol. The van der Waals surface area contributed by atoms with Crippen molar-refractivity contribution in [3.05, 3.63) is 48.0 Å². The van der Waals surface area contributed by atoms with Crippen LogP contribution in [0.1, 0.15) is 18.9 Å². The molecule has 2 aromatic carbocycles. The summed E-state index contributed by atoms with van der Waals surface area (Å²) in [5, 5.41) is 6.98. The molecule has 1 aliphatic heterocycles. The molecule has 0 spiro atoms. The molecular formula is C24H35N5O2. The Morgan fingerprint density at radius 2 is 1.87 bits per heavy atom. The normalized spacial score (nSPS) is 16.2. The maximum atomic E-state index is 5.42. The molecule has 0 saturated carbocycles. The number of methoxy groups -OCH3 is 2. The Hall–Kier alpha value is -3.09. The first-order valence-electron chi connectivity index (χ1n) is 10.8. The van der Waals surface area contributed by atoms with Gasteiger partial charge in [0.1, 0.15) is 11.5 Å². The van der Waals surface area contributed by atoms with E-state index >= 15 is 0 Å². The van der Waals surface area contributed by atoms with Gasteiger partial charge in [0, 0.05) is 69.3 Å². The molecule has 1 atom stereocenters. The van der Waals surface area contributed by atoms with Crippen LogP contribution in [0.3, 0.4) is 0 Å². The fraction of sp³-hybridized carbons (Fsp3) is 0.458. The van der Waals surface area contributed by atoms with Crippen molar-refractivity contribution in [1.82, 2.24) is 10.6 Å². The molecule has 1 unspecified atom stereocenters. The summed E-state index contributed by atoms with van der Waals surface area (Å²) in [6.07, 6.45) is 1.04. The average molecular weight is 426 g/mol. The lowest BCUT2D eigenvalue weighted by Gasteiger charge is -2.21. The third-order valence-corrected chi connectivity index (χ3v) is 5.42. The molecule has 0 amide bonds. The first-order valence-corrected chi connectivity index (χ1v) is 10.8. The van der Waals surface area contributed by atoms with E-state index in [1.54, 1.807) is 14.2 Å². The number of anilines is 2. The van der Waals surface area contributed by atoms with E-state index in [-0.39, 0.29) is 0 Å². The van der Waals surface area contributed by atoms with Crippen molar-refractivity contribution in [3.63, 3.8) is 0 Å². The Morgan fingerprint density at radius 3 is 2.52 bits per heavy atom. The molecule has 7 nitrogen and oxygen atoms in total.